The molecule has 2 aromatic heterocycles. The molecule has 22 heavy (non-hydrogen) atoms. The molecule has 3 rings (SSSR count). The molecule has 0 atom stereocenters. The number of aromatic nitrogens is 1. The van der Waals surface area contributed by atoms with E-state index in [1.807, 2.05) is 12.1 Å². The van der Waals surface area contributed by atoms with E-state index >= 15 is 0 Å². The third kappa shape index (κ3) is 2.01. The number of carboxylic acid groups (broad SMARTS) is 1. The summed E-state index contributed by atoms with van der Waals surface area (Å²) in [5, 5.41) is 11.4. The first-order valence-electron chi connectivity index (χ1n) is 6.47. The van der Waals surface area contributed by atoms with E-state index in [1.165, 1.54) is 23.3 Å². The molecule has 1 amide bonds. The van der Waals surface area contributed by atoms with Gasteiger partial charge < -0.3 is 14.6 Å². The summed E-state index contributed by atoms with van der Waals surface area (Å²) in [4.78, 5) is 16.7. The van der Waals surface area contributed by atoms with Crippen LogP contribution in [-0.4, -0.2) is 37.5 Å². The second-order valence-electron chi connectivity index (χ2n) is 4.64. The lowest BCUT2D eigenvalue weighted by molar-refractivity contribution is 0.203. The maximum atomic E-state index is 11.2. The van der Waals surface area contributed by atoms with Crippen LogP contribution in [0.25, 0.3) is 21.0 Å². The first-order chi connectivity index (χ1) is 10.6. The lowest BCUT2D eigenvalue weighted by atomic mass is 10.1. The first kappa shape index (κ1) is 14.4. The van der Waals surface area contributed by atoms with Crippen LogP contribution in [0.4, 0.5) is 9.80 Å². The van der Waals surface area contributed by atoms with Crippen LogP contribution in [0.2, 0.25) is 0 Å². The van der Waals surface area contributed by atoms with E-state index in [4.69, 9.17) is 14.6 Å². The molecule has 0 saturated carbocycles. The van der Waals surface area contributed by atoms with Gasteiger partial charge in [0, 0.05) is 24.0 Å². The van der Waals surface area contributed by atoms with Gasteiger partial charge in [-0.1, -0.05) is 0 Å². The Morgan fingerprint density at radius 2 is 2.00 bits per heavy atom. The van der Waals surface area contributed by atoms with Crippen molar-refractivity contribution in [3.8, 4) is 11.5 Å². The fraction of sp³-hybridized carbons (Fsp3) is 0.200. The smallest absolute Gasteiger partial charge is 0.412 e. The molecule has 3 aromatic rings. The largest absolute Gasteiger partial charge is 0.495 e. The molecule has 0 fully saturated rings. The number of thiophene rings is 1. The summed E-state index contributed by atoms with van der Waals surface area (Å²) in [7, 11) is 4.67. The Bertz CT molecular complexity index is 814. The van der Waals surface area contributed by atoms with Crippen molar-refractivity contribution in [3.05, 3.63) is 24.4 Å². The van der Waals surface area contributed by atoms with Gasteiger partial charge in [-0.05, 0) is 18.2 Å². The molecule has 0 saturated heterocycles. The monoisotopic (exact) mass is 318 g/mol. The number of methoxy groups -OCH3 is 2. The molecule has 0 unspecified atom stereocenters. The van der Waals surface area contributed by atoms with Crippen molar-refractivity contribution >= 4 is 43.4 Å². The fourth-order valence-electron chi connectivity index (χ4n) is 2.41. The Morgan fingerprint density at radius 1 is 1.27 bits per heavy atom. The molecule has 7 heteroatoms. The molecule has 0 spiro atoms. The third-order valence-corrected chi connectivity index (χ3v) is 4.67. The number of nitrogens with zero attached hydrogens (tertiary/aromatic N) is 2. The molecular weight excluding hydrogens is 304 g/mol. The van der Waals surface area contributed by atoms with Crippen molar-refractivity contribution in [3.63, 3.8) is 0 Å². The maximum absolute atomic E-state index is 11.2. The van der Waals surface area contributed by atoms with Crippen LogP contribution in [0.5, 0.6) is 11.5 Å². The molecule has 114 valence electrons. The van der Waals surface area contributed by atoms with Crippen LogP contribution in [0, 0.1) is 0 Å². The summed E-state index contributed by atoms with van der Waals surface area (Å²) < 4.78 is 11.9. The van der Waals surface area contributed by atoms with Gasteiger partial charge in [0.05, 0.1) is 18.9 Å². The van der Waals surface area contributed by atoms with Gasteiger partial charge in [-0.25, -0.2) is 4.79 Å². The molecule has 0 radical (unpaired) electrons. The molecule has 0 bridgehead atoms. The molecule has 6 nitrogen and oxygen atoms in total. The minimum absolute atomic E-state index is 0.592. The third-order valence-electron chi connectivity index (χ3n) is 3.46. The Hall–Kier alpha value is -2.54. The summed E-state index contributed by atoms with van der Waals surface area (Å²) >= 11 is 1.33. The van der Waals surface area contributed by atoms with Crippen LogP contribution in [0.1, 0.15) is 0 Å². The summed E-state index contributed by atoms with van der Waals surface area (Å²) in [6.07, 6.45) is 0.667. The van der Waals surface area contributed by atoms with Crippen LogP contribution in [-0.2, 0) is 0 Å². The number of carbonyl (C=O) groups is 1. The standard InChI is InChI=1S/C15H14N2O4S/c1-17(15(18)19)10-7-9-12(20-2)8-5-4-6-16-11(8)13(21-3)14(9)22-10/h4-7H,1-3H3,(H,18,19). The summed E-state index contributed by atoms with van der Waals surface area (Å²) in [5.74, 6) is 1.29. The molecule has 0 aliphatic rings. The van der Waals surface area contributed by atoms with E-state index in [0.717, 1.165) is 15.5 Å². The van der Waals surface area contributed by atoms with E-state index in [9.17, 15) is 4.79 Å². The van der Waals surface area contributed by atoms with E-state index in [0.29, 0.717) is 22.0 Å². The topological polar surface area (TPSA) is 71.9 Å². The van der Waals surface area contributed by atoms with Gasteiger partial charge in [-0.15, -0.1) is 11.3 Å². The Balaban J connectivity index is 2.43. The second kappa shape index (κ2) is 5.34. The highest BCUT2D eigenvalue weighted by Gasteiger charge is 2.21. The second-order valence-corrected chi connectivity index (χ2v) is 5.67. The maximum Gasteiger partial charge on any atom is 0.412 e. The van der Waals surface area contributed by atoms with Crippen LogP contribution in [0.3, 0.4) is 0 Å². The Labute approximate surface area is 130 Å². The lowest BCUT2D eigenvalue weighted by Crippen LogP contribution is -2.22. The highest BCUT2D eigenvalue weighted by atomic mass is 32.1. The van der Waals surface area contributed by atoms with Crippen molar-refractivity contribution < 1.29 is 19.4 Å². The van der Waals surface area contributed by atoms with Crippen LogP contribution in [0.15, 0.2) is 24.4 Å². The van der Waals surface area contributed by atoms with Gasteiger partial charge in [0.2, 0.25) is 0 Å². The Morgan fingerprint density at radius 3 is 2.64 bits per heavy atom. The Kier molecular flexibility index (Phi) is 3.50. The zero-order valence-corrected chi connectivity index (χ0v) is 13.1. The normalized spacial score (nSPS) is 10.9. The zero-order chi connectivity index (χ0) is 15.9. The number of amides is 1. The van der Waals surface area contributed by atoms with E-state index in [2.05, 4.69) is 4.98 Å². The number of anilines is 1. The first-order valence-corrected chi connectivity index (χ1v) is 7.29. The fourth-order valence-corrected chi connectivity index (χ4v) is 3.54. The van der Waals surface area contributed by atoms with Gasteiger partial charge >= 0.3 is 6.09 Å². The van der Waals surface area contributed by atoms with Gasteiger partial charge in [-0.2, -0.15) is 0 Å². The number of hydrogen-bond acceptors (Lipinski definition) is 5. The predicted molar refractivity (Wildman–Crippen MR) is 86.7 cm³/mol. The van der Waals surface area contributed by atoms with E-state index in [-0.39, 0.29) is 0 Å². The van der Waals surface area contributed by atoms with Crippen molar-refractivity contribution in [2.75, 3.05) is 26.2 Å². The molecule has 0 aliphatic carbocycles. The van der Waals surface area contributed by atoms with Gasteiger partial charge in [-0.3, -0.25) is 9.88 Å². The van der Waals surface area contributed by atoms with Crippen molar-refractivity contribution in [1.29, 1.82) is 0 Å². The van der Waals surface area contributed by atoms with E-state index < -0.39 is 6.09 Å². The quantitative estimate of drug-likeness (QED) is 0.799. The average molecular weight is 318 g/mol. The van der Waals surface area contributed by atoms with Crippen molar-refractivity contribution in [2.24, 2.45) is 0 Å². The molecule has 1 aromatic carbocycles. The summed E-state index contributed by atoms with van der Waals surface area (Å²) in [5.41, 5.74) is 0.695. The zero-order valence-electron chi connectivity index (χ0n) is 12.3. The van der Waals surface area contributed by atoms with E-state index in [1.54, 1.807) is 26.5 Å². The van der Waals surface area contributed by atoms with Crippen molar-refractivity contribution in [1.82, 2.24) is 4.98 Å². The predicted octanol–water partition coefficient (Wildman–Crippen LogP) is 3.58. The molecular formula is C15H14N2O4S. The van der Waals surface area contributed by atoms with Gasteiger partial charge in [0.25, 0.3) is 0 Å². The van der Waals surface area contributed by atoms with Gasteiger partial charge in [0.15, 0.2) is 5.75 Å². The average Bonchev–Trinajstić information content (AvgIpc) is 2.95. The number of fused-ring (bicyclic) bond motifs is 2. The lowest BCUT2D eigenvalue weighted by Gasteiger charge is -2.10. The number of ether oxygens (including phenoxy) is 2. The highest BCUT2D eigenvalue weighted by molar-refractivity contribution is 7.23. The number of hydrogen-bond donors (Lipinski definition) is 1. The van der Waals surface area contributed by atoms with Gasteiger partial charge in [0.1, 0.15) is 16.3 Å². The van der Waals surface area contributed by atoms with Crippen molar-refractivity contribution in [2.45, 2.75) is 0 Å². The minimum Gasteiger partial charge on any atom is -0.495 e. The number of rotatable bonds is 3. The molecule has 2 heterocycles. The minimum atomic E-state index is -1.02. The number of benzene rings is 1. The van der Waals surface area contributed by atoms with Crippen LogP contribution < -0.4 is 14.4 Å². The molecule has 1 N–H and O–H groups in total. The highest BCUT2D eigenvalue weighted by Crippen LogP contribution is 2.47. The van der Waals surface area contributed by atoms with Crippen LogP contribution >= 0.6 is 11.3 Å². The number of pyridine rings is 1. The SMILES string of the molecule is COc1c2cccnc2c(OC)c2sc(N(C)C(=O)O)cc12. The molecule has 0 aliphatic heterocycles. The summed E-state index contributed by atoms with van der Waals surface area (Å²) in [6.45, 7) is 0. The summed E-state index contributed by atoms with van der Waals surface area (Å²) in [6, 6.07) is 5.52.